The summed E-state index contributed by atoms with van der Waals surface area (Å²) in [7, 11) is 0. The van der Waals surface area contributed by atoms with Crippen LogP contribution < -0.4 is 11.3 Å². The monoisotopic (exact) mass is 184 g/mol. The van der Waals surface area contributed by atoms with Gasteiger partial charge in [0, 0.05) is 6.04 Å². The van der Waals surface area contributed by atoms with Gasteiger partial charge in [0.15, 0.2) is 0 Å². The van der Waals surface area contributed by atoms with Crippen molar-refractivity contribution < 1.29 is 0 Å². The lowest BCUT2D eigenvalue weighted by molar-refractivity contribution is 0.195. The van der Waals surface area contributed by atoms with Gasteiger partial charge in [0.2, 0.25) is 0 Å². The standard InChI is InChI=1S/C11H24N2/c1-8(2)10-4-6-11(7-5-10)9(3)13-12/h8-11,13H,4-7,12H2,1-3H3. The summed E-state index contributed by atoms with van der Waals surface area (Å²) < 4.78 is 0. The van der Waals surface area contributed by atoms with Crippen molar-refractivity contribution in [2.75, 3.05) is 0 Å². The summed E-state index contributed by atoms with van der Waals surface area (Å²) in [5.74, 6) is 8.08. The van der Waals surface area contributed by atoms with E-state index in [1.54, 1.807) is 0 Å². The van der Waals surface area contributed by atoms with Crippen LogP contribution in [-0.4, -0.2) is 6.04 Å². The van der Waals surface area contributed by atoms with Gasteiger partial charge in [0.1, 0.15) is 0 Å². The topological polar surface area (TPSA) is 38.0 Å². The highest BCUT2D eigenvalue weighted by Crippen LogP contribution is 2.34. The Labute approximate surface area is 82.2 Å². The predicted octanol–water partition coefficient (Wildman–Crippen LogP) is 2.30. The van der Waals surface area contributed by atoms with Crippen molar-refractivity contribution >= 4 is 0 Å². The van der Waals surface area contributed by atoms with Crippen molar-refractivity contribution in [3.63, 3.8) is 0 Å². The van der Waals surface area contributed by atoms with E-state index in [4.69, 9.17) is 5.84 Å². The summed E-state index contributed by atoms with van der Waals surface area (Å²) in [6.45, 7) is 6.88. The summed E-state index contributed by atoms with van der Waals surface area (Å²) in [6.07, 6.45) is 5.51. The summed E-state index contributed by atoms with van der Waals surface area (Å²) in [6, 6.07) is 0.494. The average molecular weight is 184 g/mol. The Hall–Kier alpha value is -0.0800. The Morgan fingerprint density at radius 2 is 1.46 bits per heavy atom. The van der Waals surface area contributed by atoms with Crippen molar-refractivity contribution in [1.29, 1.82) is 0 Å². The van der Waals surface area contributed by atoms with Crippen LogP contribution in [0, 0.1) is 17.8 Å². The second kappa shape index (κ2) is 4.97. The first-order chi connectivity index (χ1) is 6.15. The van der Waals surface area contributed by atoms with Crippen LogP contribution in [0.15, 0.2) is 0 Å². The summed E-state index contributed by atoms with van der Waals surface area (Å²) in [5.41, 5.74) is 2.88. The molecule has 1 rings (SSSR count). The molecule has 1 saturated carbocycles. The molecule has 0 saturated heterocycles. The molecule has 0 aromatic rings. The molecule has 1 aliphatic rings. The maximum atomic E-state index is 5.45. The minimum Gasteiger partial charge on any atom is -0.271 e. The minimum atomic E-state index is 0.494. The molecular weight excluding hydrogens is 160 g/mol. The van der Waals surface area contributed by atoms with Crippen molar-refractivity contribution in [3.8, 4) is 0 Å². The highest BCUT2D eigenvalue weighted by Gasteiger charge is 2.25. The van der Waals surface area contributed by atoms with E-state index < -0.39 is 0 Å². The smallest absolute Gasteiger partial charge is 0.0210 e. The molecule has 13 heavy (non-hydrogen) atoms. The predicted molar refractivity (Wildman–Crippen MR) is 57.1 cm³/mol. The molecule has 0 bridgehead atoms. The molecule has 0 radical (unpaired) electrons. The third-order valence-electron chi connectivity index (χ3n) is 3.73. The van der Waals surface area contributed by atoms with Crippen molar-refractivity contribution in [2.45, 2.75) is 52.5 Å². The van der Waals surface area contributed by atoms with E-state index in [0.717, 1.165) is 17.8 Å². The number of hydrogen-bond donors (Lipinski definition) is 2. The molecule has 0 aromatic carbocycles. The molecule has 1 atom stereocenters. The number of nitrogens with one attached hydrogen (secondary N) is 1. The summed E-state index contributed by atoms with van der Waals surface area (Å²) in [5, 5.41) is 0. The molecular formula is C11H24N2. The second-order valence-electron chi connectivity index (χ2n) is 4.87. The highest BCUT2D eigenvalue weighted by atomic mass is 15.2. The van der Waals surface area contributed by atoms with Gasteiger partial charge >= 0.3 is 0 Å². The molecule has 0 aliphatic heterocycles. The van der Waals surface area contributed by atoms with Gasteiger partial charge in [-0.1, -0.05) is 13.8 Å². The molecule has 0 amide bonds. The molecule has 1 unspecified atom stereocenters. The zero-order valence-corrected chi connectivity index (χ0v) is 9.22. The number of rotatable bonds is 3. The summed E-state index contributed by atoms with van der Waals surface area (Å²) in [4.78, 5) is 0. The SMILES string of the molecule is CC(C)C1CCC(C(C)NN)CC1. The third-order valence-corrected chi connectivity index (χ3v) is 3.73. The van der Waals surface area contributed by atoms with Gasteiger partial charge in [0.25, 0.3) is 0 Å². The van der Waals surface area contributed by atoms with Crippen LogP contribution in [-0.2, 0) is 0 Å². The first kappa shape index (κ1) is 11.0. The lowest BCUT2D eigenvalue weighted by Gasteiger charge is -2.33. The van der Waals surface area contributed by atoms with Crippen LogP contribution in [0.1, 0.15) is 46.5 Å². The fourth-order valence-electron chi connectivity index (χ4n) is 2.45. The lowest BCUT2D eigenvalue weighted by atomic mass is 9.75. The molecule has 0 heterocycles. The molecule has 1 fully saturated rings. The van der Waals surface area contributed by atoms with E-state index in [0.29, 0.717) is 6.04 Å². The van der Waals surface area contributed by atoms with E-state index in [9.17, 15) is 0 Å². The lowest BCUT2D eigenvalue weighted by Crippen LogP contribution is -2.40. The van der Waals surface area contributed by atoms with Crippen LogP contribution in [0.4, 0.5) is 0 Å². The van der Waals surface area contributed by atoms with E-state index in [1.165, 1.54) is 25.7 Å². The fraction of sp³-hybridized carbons (Fsp3) is 1.00. The second-order valence-corrected chi connectivity index (χ2v) is 4.87. The van der Waals surface area contributed by atoms with E-state index in [1.807, 2.05) is 0 Å². The Balaban J connectivity index is 2.30. The first-order valence-corrected chi connectivity index (χ1v) is 5.61. The highest BCUT2D eigenvalue weighted by molar-refractivity contribution is 4.79. The maximum absolute atomic E-state index is 5.45. The molecule has 2 heteroatoms. The van der Waals surface area contributed by atoms with Crippen LogP contribution in [0.5, 0.6) is 0 Å². The van der Waals surface area contributed by atoms with Crippen molar-refractivity contribution in [2.24, 2.45) is 23.6 Å². The van der Waals surface area contributed by atoms with Crippen molar-refractivity contribution in [1.82, 2.24) is 5.43 Å². The number of hydrogen-bond acceptors (Lipinski definition) is 2. The van der Waals surface area contributed by atoms with Gasteiger partial charge < -0.3 is 0 Å². The number of hydrazine groups is 1. The Bertz CT molecular complexity index is 137. The minimum absolute atomic E-state index is 0.494. The van der Waals surface area contributed by atoms with E-state index in [-0.39, 0.29) is 0 Å². The van der Waals surface area contributed by atoms with Gasteiger partial charge in [0.05, 0.1) is 0 Å². The Morgan fingerprint density at radius 1 is 1.00 bits per heavy atom. The van der Waals surface area contributed by atoms with Gasteiger partial charge in [-0.25, -0.2) is 0 Å². The van der Waals surface area contributed by atoms with Crippen LogP contribution >= 0.6 is 0 Å². The van der Waals surface area contributed by atoms with Crippen LogP contribution in [0.3, 0.4) is 0 Å². The largest absolute Gasteiger partial charge is 0.271 e. The Morgan fingerprint density at radius 3 is 1.85 bits per heavy atom. The molecule has 1 aliphatic carbocycles. The van der Waals surface area contributed by atoms with E-state index >= 15 is 0 Å². The quantitative estimate of drug-likeness (QED) is 0.522. The summed E-state index contributed by atoms with van der Waals surface area (Å²) >= 11 is 0. The third kappa shape index (κ3) is 2.96. The molecule has 0 spiro atoms. The first-order valence-electron chi connectivity index (χ1n) is 5.61. The number of nitrogens with two attached hydrogens (primary N) is 1. The van der Waals surface area contributed by atoms with Crippen molar-refractivity contribution in [3.05, 3.63) is 0 Å². The van der Waals surface area contributed by atoms with Gasteiger partial charge in [-0.3, -0.25) is 11.3 Å². The van der Waals surface area contributed by atoms with Gasteiger partial charge in [-0.05, 0) is 50.4 Å². The van der Waals surface area contributed by atoms with Crippen LogP contribution in [0.2, 0.25) is 0 Å². The molecule has 0 aromatic heterocycles. The maximum Gasteiger partial charge on any atom is 0.0210 e. The normalized spacial score (nSPS) is 32.1. The van der Waals surface area contributed by atoms with Crippen LogP contribution in [0.25, 0.3) is 0 Å². The molecule has 2 nitrogen and oxygen atoms in total. The van der Waals surface area contributed by atoms with Gasteiger partial charge in [-0.2, -0.15) is 0 Å². The van der Waals surface area contributed by atoms with Gasteiger partial charge in [-0.15, -0.1) is 0 Å². The zero-order chi connectivity index (χ0) is 9.84. The zero-order valence-electron chi connectivity index (χ0n) is 9.22. The Kier molecular flexibility index (Phi) is 4.20. The molecule has 3 N–H and O–H groups in total. The average Bonchev–Trinajstić information content (AvgIpc) is 2.17. The fourth-order valence-corrected chi connectivity index (χ4v) is 2.45. The van der Waals surface area contributed by atoms with E-state index in [2.05, 4.69) is 26.2 Å². The molecule has 78 valence electrons.